The van der Waals surface area contributed by atoms with Crippen molar-refractivity contribution in [3.63, 3.8) is 0 Å². The molecule has 0 aromatic carbocycles. The minimum absolute atomic E-state index is 0.0168. The minimum Gasteiger partial charge on any atom is -0.379 e. The Morgan fingerprint density at radius 3 is 2.27 bits per heavy atom. The van der Waals surface area contributed by atoms with Crippen molar-refractivity contribution in [1.82, 2.24) is 10.6 Å². The number of hydrogen-bond acceptors (Lipinski definition) is 5. The van der Waals surface area contributed by atoms with Gasteiger partial charge in [0.15, 0.2) is 5.78 Å². The first-order chi connectivity index (χ1) is 12.4. The molecule has 2 amide bonds. The molecule has 0 aromatic heterocycles. The summed E-state index contributed by atoms with van der Waals surface area (Å²) in [5.41, 5.74) is 0. The summed E-state index contributed by atoms with van der Waals surface area (Å²) in [6, 6.07) is 0.118. The van der Waals surface area contributed by atoms with Crippen LogP contribution in [0.5, 0.6) is 0 Å². The molecular formula is C19H34N2O5. The molecule has 0 bridgehead atoms. The van der Waals surface area contributed by atoms with Crippen LogP contribution < -0.4 is 10.6 Å². The summed E-state index contributed by atoms with van der Waals surface area (Å²) < 4.78 is 10.5. The topological polar surface area (TPSA) is 93.7 Å². The largest absolute Gasteiger partial charge is 0.379 e. The lowest BCUT2D eigenvalue weighted by Crippen LogP contribution is -2.42. The third-order valence-electron chi connectivity index (χ3n) is 4.59. The van der Waals surface area contributed by atoms with Gasteiger partial charge < -0.3 is 20.1 Å². The Bertz CT molecular complexity index is 445. The average molecular weight is 370 g/mol. The Hall–Kier alpha value is -1.47. The highest BCUT2D eigenvalue weighted by Crippen LogP contribution is 2.24. The van der Waals surface area contributed by atoms with Gasteiger partial charge in [-0.05, 0) is 32.6 Å². The van der Waals surface area contributed by atoms with E-state index < -0.39 is 0 Å². The van der Waals surface area contributed by atoms with E-state index in [1.807, 2.05) is 20.8 Å². The highest BCUT2D eigenvalue weighted by Gasteiger charge is 2.27. The molecule has 1 rings (SSSR count). The number of ketones is 1. The fourth-order valence-electron chi connectivity index (χ4n) is 2.85. The number of hydrogen-bond donors (Lipinski definition) is 2. The summed E-state index contributed by atoms with van der Waals surface area (Å²) in [6.45, 7) is 7.79. The van der Waals surface area contributed by atoms with Crippen molar-refractivity contribution in [2.75, 3.05) is 33.0 Å². The zero-order chi connectivity index (χ0) is 19.4. The summed E-state index contributed by atoms with van der Waals surface area (Å²) in [5, 5.41) is 5.74. The van der Waals surface area contributed by atoms with Crippen LogP contribution in [0.3, 0.4) is 0 Å². The van der Waals surface area contributed by atoms with Crippen LogP contribution >= 0.6 is 0 Å². The highest BCUT2D eigenvalue weighted by atomic mass is 16.5. The first kappa shape index (κ1) is 22.6. The van der Waals surface area contributed by atoms with Gasteiger partial charge in [-0.1, -0.05) is 13.8 Å². The van der Waals surface area contributed by atoms with Crippen LogP contribution in [0.4, 0.5) is 0 Å². The van der Waals surface area contributed by atoms with Crippen LogP contribution in [0.1, 0.15) is 52.9 Å². The van der Waals surface area contributed by atoms with Gasteiger partial charge in [-0.25, -0.2) is 0 Å². The molecular weight excluding hydrogens is 336 g/mol. The first-order valence-corrected chi connectivity index (χ1v) is 9.69. The monoisotopic (exact) mass is 370 g/mol. The lowest BCUT2D eigenvalue weighted by molar-refractivity contribution is -0.129. The molecule has 7 heteroatoms. The molecule has 150 valence electrons. The first-order valence-electron chi connectivity index (χ1n) is 9.69. The van der Waals surface area contributed by atoms with Crippen molar-refractivity contribution >= 4 is 17.6 Å². The Morgan fingerprint density at radius 1 is 1.00 bits per heavy atom. The Morgan fingerprint density at radius 2 is 1.65 bits per heavy atom. The number of rotatable bonds is 12. The second-order valence-electron chi connectivity index (χ2n) is 7.01. The van der Waals surface area contributed by atoms with E-state index in [1.54, 1.807) is 0 Å². The van der Waals surface area contributed by atoms with E-state index in [0.29, 0.717) is 32.8 Å². The van der Waals surface area contributed by atoms with Crippen LogP contribution in [-0.2, 0) is 23.9 Å². The molecule has 1 aliphatic carbocycles. The van der Waals surface area contributed by atoms with Crippen molar-refractivity contribution in [2.24, 2.45) is 11.8 Å². The van der Waals surface area contributed by atoms with E-state index >= 15 is 0 Å². The Balaban J connectivity index is 2.14. The van der Waals surface area contributed by atoms with Crippen molar-refractivity contribution in [1.29, 1.82) is 0 Å². The van der Waals surface area contributed by atoms with Crippen LogP contribution in [-0.4, -0.2) is 56.6 Å². The fraction of sp³-hybridized carbons (Fsp3) is 0.842. The highest BCUT2D eigenvalue weighted by molar-refractivity contribution is 5.88. The van der Waals surface area contributed by atoms with Crippen molar-refractivity contribution in [3.8, 4) is 0 Å². The summed E-state index contributed by atoms with van der Waals surface area (Å²) in [5.74, 6) is -0.152. The van der Waals surface area contributed by atoms with E-state index in [9.17, 15) is 14.4 Å². The van der Waals surface area contributed by atoms with Crippen LogP contribution in [0.15, 0.2) is 0 Å². The van der Waals surface area contributed by atoms with Crippen LogP contribution in [0.25, 0.3) is 0 Å². The third kappa shape index (κ3) is 9.29. The Labute approximate surface area is 156 Å². The van der Waals surface area contributed by atoms with Gasteiger partial charge in [0, 0.05) is 30.9 Å². The molecule has 1 aliphatic rings. The normalized spacial score (nSPS) is 20.0. The molecule has 0 atom stereocenters. The zero-order valence-electron chi connectivity index (χ0n) is 16.3. The van der Waals surface area contributed by atoms with Crippen LogP contribution in [0, 0.1) is 11.8 Å². The number of Topliss-reactive ketones (excluding diaryl/α,β-unsaturated/α-hetero) is 1. The number of nitrogens with one attached hydrogen (secondary N) is 2. The van der Waals surface area contributed by atoms with Gasteiger partial charge in [-0.3, -0.25) is 14.4 Å². The molecule has 1 saturated carbocycles. The molecule has 0 radical (unpaired) electrons. The van der Waals surface area contributed by atoms with Gasteiger partial charge in [-0.2, -0.15) is 0 Å². The number of carbonyl (C=O) groups excluding carboxylic acids is 3. The van der Waals surface area contributed by atoms with E-state index in [4.69, 9.17) is 9.47 Å². The molecule has 0 aliphatic heterocycles. The van der Waals surface area contributed by atoms with Gasteiger partial charge in [0.25, 0.3) is 0 Å². The Kier molecular flexibility index (Phi) is 11.1. The maximum absolute atomic E-state index is 12.1. The number of carbonyl (C=O) groups is 3. The molecule has 0 spiro atoms. The standard InChI is InChI=1S/C19H34N2O5/c1-4-25-11-12-26-10-9-18(23)21-16-7-5-15(6-8-16)19(24)20-13-17(22)14(2)3/h14-16H,4-13H2,1-3H3,(H,20,24)(H,21,23). The van der Waals surface area contributed by atoms with E-state index in [1.165, 1.54) is 0 Å². The second-order valence-corrected chi connectivity index (χ2v) is 7.01. The maximum Gasteiger partial charge on any atom is 0.223 e. The summed E-state index contributed by atoms with van der Waals surface area (Å²) >= 11 is 0. The van der Waals surface area contributed by atoms with Crippen molar-refractivity contribution in [3.05, 3.63) is 0 Å². The molecule has 0 saturated heterocycles. The van der Waals surface area contributed by atoms with Gasteiger partial charge >= 0.3 is 0 Å². The van der Waals surface area contributed by atoms with Crippen molar-refractivity contribution < 1.29 is 23.9 Å². The fourth-order valence-corrected chi connectivity index (χ4v) is 2.85. The quantitative estimate of drug-likeness (QED) is 0.507. The minimum atomic E-state index is -0.0654. The SMILES string of the molecule is CCOCCOCCC(=O)NC1CCC(C(=O)NCC(=O)C(C)C)CC1. The molecule has 2 N–H and O–H groups in total. The van der Waals surface area contributed by atoms with Gasteiger partial charge in [0.2, 0.25) is 11.8 Å². The van der Waals surface area contributed by atoms with Gasteiger partial charge in [0.05, 0.1) is 26.4 Å². The smallest absolute Gasteiger partial charge is 0.223 e. The van der Waals surface area contributed by atoms with E-state index in [2.05, 4.69) is 10.6 Å². The average Bonchev–Trinajstić information content (AvgIpc) is 2.62. The number of amides is 2. The zero-order valence-corrected chi connectivity index (χ0v) is 16.3. The lowest BCUT2D eigenvalue weighted by Gasteiger charge is -2.28. The molecule has 7 nitrogen and oxygen atoms in total. The molecule has 0 heterocycles. The van der Waals surface area contributed by atoms with Gasteiger partial charge in [0.1, 0.15) is 0 Å². The molecule has 1 fully saturated rings. The van der Waals surface area contributed by atoms with Crippen LogP contribution in [0.2, 0.25) is 0 Å². The third-order valence-corrected chi connectivity index (χ3v) is 4.59. The molecule has 26 heavy (non-hydrogen) atoms. The summed E-state index contributed by atoms with van der Waals surface area (Å²) in [6.07, 6.45) is 3.37. The maximum atomic E-state index is 12.1. The predicted octanol–water partition coefficient (Wildman–Crippen LogP) is 1.45. The van der Waals surface area contributed by atoms with Gasteiger partial charge in [-0.15, -0.1) is 0 Å². The van der Waals surface area contributed by atoms with E-state index in [0.717, 1.165) is 25.7 Å². The van der Waals surface area contributed by atoms with E-state index in [-0.39, 0.29) is 42.0 Å². The summed E-state index contributed by atoms with van der Waals surface area (Å²) in [7, 11) is 0. The molecule has 0 unspecified atom stereocenters. The second kappa shape index (κ2) is 12.8. The lowest BCUT2D eigenvalue weighted by atomic mass is 9.85. The number of ether oxygens (including phenoxy) is 2. The predicted molar refractivity (Wildman–Crippen MR) is 98.7 cm³/mol. The summed E-state index contributed by atoms with van der Waals surface area (Å²) in [4.78, 5) is 35.6. The van der Waals surface area contributed by atoms with Crippen molar-refractivity contribution in [2.45, 2.75) is 58.9 Å². The molecule has 0 aromatic rings.